The van der Waals surface area contributed by atoms with E-state index in [1.165, 1.54) is 44.9 Å². The zero-order valence-corrected chi connectivity index (χ0v) is 16.1. The van der Waals surface area contributed by atoms with Crippen LogP contribution in [0.4, 0.5) is 0 Å². The largest absolute Gasteiger partial charge is 0.374 e. The topological polar surface area (TPSA) is 26.3 Å². The summed E-state index contributed by atoms with van der Waals surface area (Å²) < 4.78 is 6.71. The highest BCUT2D eigenvalue weighted by molar-refractivity contribution is 5.91. The van der Waals surface area contributed by atoms with Crippen molar-refractivity contribution in [1.82, 2.24) is 0 Å². The maximum Gasteiger partial charge on any atom is 0.155 e. The van der Waals surface area contributed by atoms with Gasteiger partial charge in [0.15, 0.2) is 5.78 Å². The van der Waals surface area contributed by atoms with E-state index in [-0.39, 0.29) is 5.60 Å². The van der Waals surface area contributed by atoms with Crippen molar-refractivity contribution < 1.29 is 9.53 Å². The molecule has 0 amide bonds. The maximum atomic E-state index is 12.1. The van der Waals surface area contributed by atoms with Crippen LogP contribution < -0.4 is 0 Å². The number of carbonyl (C=O) groups is 1. The van der Waals surface area contributed by atoms with E-state index in [0.29, 0.717) is 11.2 Å². The van der Waals surface area contributed by atoms with Crippen LogP contribution in [0.1, 0.15) is 64.7 Å². The van der Waals surface area contributed by atoms with E-state index in [0.717, 1.165) is 66.8 Å². The SMILES string of the molecule is CC[C@]12CCC3C4CCC(=O)C=C4C4CC4C3C1[C@@H]1C[C@@H]1[C@@]21CCCO1. The van der Waals surface area contributed by atoms with Crippen molar-refractivity contribution in [2.45, 2.75) is 70.3 Å². The maximum absolute atomic E-state index is 12.1. The van der Waals surface area contributed by atoms with E-state index in [2.05, 4.69) is 13.0 Å². The van der Waals surface area contributed by atoms with Gasteiger partial charge in [0.05, 0.1) is 5.60 Å². The third-order valence-electron chi connectivity index (χ3n) is 10.6. The average Bonchev–Trinajstić information content (AvgIpc) is 3.56. The highest BCUT2D eigenvalue weighted by Crippen LogP contribution is 2.81. The fourth-order valence-corrected chi connectivity index (χ4v) is 9.93. The van der Waals surface area contributed by atoms with Crippen LogP contribution in [0.5, 0.6) is 0 Å². The van der Waals surface area contributed by atoms with Gasteiger partial charge in [-0.25, -0.2) is 0 Å². The van der Waals surface area contributed by atoms with Crippen molar-refractivity contribution in [3.8, 4) is 0 Å². The molecule has 0 N–H and O–H groups in total. The van der Waals surface area contributed by atoms with Crippen LogP contribution in [0, 0.1) is 52.8 Å². The van der Waals surface area contributed by atoms with Gasteiger partial charge >= 0.3 is 0 Å². The van der Waals surface area contributed by atoms with Gasteiger partial charge in [-0.05, 0) is 105 Å². The highest BCUT2D eigenvalue weighted by Gasteiger charge is 2.79. The van der Waals surface area contributed by atoms with Crippen LogP contribution >= 0.6 is 0 Å². The monoisotopic (exact) mass is 352 g/mol. The Kier molecular flexibility index (Phi) is 2.75. The fourth-order valence-electron chi connectivity index (χ4n) is 9.93. The summed E-state index contributed by atoms with van der Waals surface area (Å²) in [6.45, 7) is 3.51. The van der Waals surface area contributed by atoms with Crippen molar-refractivity contribution in [2.24, 2.45) is 52.8 Å². The molecule has 6 aliphatic carbocycles. The van der Waals surface area contributed by atoms with Gasteiger partial charge in [0.2, 0.25) is 0 Å². The Hall–Kier alpha value is -0.630. The molecule has 1 heterocycles. The molecule has 7 aliphatic rings. The lowest BCUT2D eigenvalue weighted by atomic mass is 9.47. The first-order valence-electron chi connectivity index (χ1n) is 11.6. The lowest BCUT2D eigenvalue weighted by Gasteiger charge is -2.58. The minimum atomic E-state index is 0.269. The predicted octanol–water partition coefficient (Wildman–Crippen LogP) is 4.78. The van der Waals surface area contributed by atoms with E-state index in [9.17, 15) is 4.79 Å². The van der Waals surface area contributed by atoms with Gasteiger partial charge in [-0.3, -0.25) is 4.79 Å². The smallest absolute Gasteiger partial charge is 0.155 e. The molecule has 0 radical (unpaired) electrons. The molecule has 0 aromatic rings. The number of carbonyl (C=O) groups excluding carboxylic acids is 1. The first kappa shape index (κ1) is 15.3. The number of rotatable bonds is 1. The second-order valence-electron chi connectivity index (χ2n) is 10.9. The van der Waals surface area contributed by atoms with Crippen LogP contribution in [-0.2, 0) is 9.53 Å². The number of hydrogen-bond donors (Lipinski definition) is 0. The lowest BCUT2D eigenvalue weighted by molar-refractivity contribution is -0.161. The van der Waals surface area contributed by atoms with E-state index < -0.39 is 0 Å². The summed E-state index contributed by atoms with van der Waals surface area (Å²) in [5.41, 5.74) is 2.37. The van der Waals surface area contributed by atoms with Crippen LogP contribution in [0.25, 0.3) is 0 Å². The molecule has 0 aromatic heterocycles. The second kappa shape index (κ2) is 4.67. The summed E-state index contributed by atoms with van der Waals surface area (Å²) in [6.07, 6.45) is 13.8. The molecule has 0 aromatic carbocycles. The van der Waals surface area contributed by atoms with E-state index in [4.69, 9.17) is 4.74 Å². The van der Waals surface area contributed by atoms with Gasteiger partial charge in [-0.2, -0.15) is 0 Å². The molecule has 0 bridgehead atoms. The molecule has 6 unspecified atom stereocenters. The summed E-state index contributed by atoms with van der Waals surface area (Å²) in [6, 6.07) is 0. The van der Waals surface area contributed by atoms with Gasteiger partial charge in [0.25, 0.3) is 0 Å². The number of ether oxygens (including phenoxy) is 1. The van der Waals surface area contributed by atoms with Crippen LogP contribution in [0.3, 0.4) is 0 Å². The molecular formula is C24H32O2. The van der Waals surface area contributed by atoms with Crippen LogP contribution in [0.15, 0.2) is 11.6 Å². The van der Waals surface area contributed by atoms with Crippen molar-refractivity contribution in [3.05, 3.63) is 11.6 Å². The Labute approximate surface area is 157 Å². The van der Waals surface area contributed by atoms with Gasteiger partial charge in [0, 0.05) is 18.4 Å². The molecule has 140 valence electrons. The van der Waals surface area contributed by atoms with E-state index in [1.54, 1.807) is 5.57 Å². The summed E-state index contributed by atoms with van der Waals surface area (Å²) in [5.74, 6) is 7.56. The first-order chi connectivity index (χ1) is 12.7. The molecule has 26 heavy (non-hydrogen) atoms. The molecule has 2 nitrogen and oxygen atoms in total. The molecule has 1 spiro atoms. The normalized spacial score (nSPS) is 61.3. The Morgan fingerprint density at radius 1 is 1.12 bits per heavy atom. The second-order valence-corrected chi connectivity index (χ2v) is 10.9. The van der Waals surface area contributed by atoms with Crippen molar-refractivity contribution in [1.29, 1.82) is 0 Å². The van der Waals surface area contributed by atoms with Crippen molar-refractivity contribution >= 4 is 5.78 Å². The summed E-state index contributed by atoms with van der Waals surface area (Å²) >= 11 is 0. The van der Waals surface area contributed by atoms with Gasteiger partial charge in [0.1, 0.15) is 0 Å². The average molecular weight is 353 g/mol. The molecule has 1 saturated heterocycles. The molecule has 10 atom stereocenters. The standard InChI is InChI=1S/C24H32O2/c1-2-23-8-6-15-14-5-4-13(25)10-16(14)17-11-18(17)21(15)22(23)19-12-20(19)24(23)7-3-9-26-24/h10,14-15,17-22H,2-9,11-12H2,1H3/t14?,15?,17?,18?,19-,20+,21?,22?,23+,24+/m1/s1. The van der Waals surface area contributed by atoms with E-state index >= 15 is 0 Å². The molecule has 2 heteroatoms. The summed E-state index contributed by atoms with van der Waals surface area (Å²) in [4.78, 5) is 12.1. The minimum absolute atomic E-state index is 0.269. The fraction of sp³-hybridized carbons (Fsp3) is 0.875. The number of hydrogen-bond acceptors (Lipinski definition) is 2. The molecular weight excluding hydrogens is 320 g/mol. The number of ketones is 1. The van der Waals surface area contributed by atoms with Crippen molar-refractivity contribution in [3.63, 3.8) is 0 Å². The molecule has 1 aliphatic heterocycles. The Morgan fingerprint density at radius 2 is 2.04 bits per heavy atom. The van der Waals surface area contributed by atoms with Crippen LogP contribution in [-0.4, -0.2) is 18.0 Å². The predicted molar refractivity (Wildman–Crippen MR) is 99.4 cm³/mol. The third kappa shape index (κ3) is 1.53. The Bertz CT molecular complexity index is 716. The minimum Gasteiger partial charge on any atom is -0.374 e. The molecule has 7 rings (SSSR count). The zero-order valence-electron chi connectivity index (χ0n) is 16.1. The number of fused-ring (bicyclic) bond motifs is 12. The zero-order chi connectivity index (χ0) is 17.3. The lowest BCUT2D eigenvalue weighted by Crippen LogP contribution is -2.56. The quantitative estimate of drug-likeness (QED) is 0.679. The molecule has 5 saturated carbocycles. The summed E-state index contributed by atoms with van der Waals surface area (Å²) in [7, 11) is 0. The van der Waals surface area contributed by atoms with Crippen molar-refractivity contribution in [2.75, 3.05) is 6.61 Å². The third-order valence-corrected chi connectivity index (χ3v) is 10.6. The summed E-state index contributed by atoms with van der Waals surface area (Å²) in [5, 5.41) is 0. The Morgan fingerprint density at radius 3 is 2.85 bits per heavy atom. The number of allylic oxidation sites excluding steroid dienone is 1. The van der Waals surface area contributed by atoms with Gasteiger partial charge in [-0.15, -0.1) is 0 Å². The van der Waals surface area contributed by atoms with Gasteiger partial charge < -0.3 is 4.74 Å². The van der Waals surface area contributed by atoms with E-state index in [1.807, 2.05) is 0 Å². The van der Waals surface area contributed by atoms with Gasteiger partial charge in [-0.1, -0.05) is 12.5 Å². The first-order valence-corrected chi connectivity index (χ1v) is 11.6. The highest BCUT2D eigenvalue weighted by atomic mass is 16.5. The Balaban J connectivity index is 1.33. The molecule has 6 fully saturated rings. The van der Waals surface area contributed by atoms with Crippen LogP contribution in [0.2, 0.25) is 0 Å².